The number of esters is 1. The predicted octanol–water partition coefficient (Wildman–Crippen LogP) is 1.64. The normalized spacial score (nSPS) is 10.8. The van der Waals surface area contributed by atoms with Crippen LogP contribution in [0.5, 0.6) is 0 Å². The lowest BCUT2D eigenvalue weighted by atomic mass is 10.1. The van der Waals surface area contributed by atoms with Gasteiger partial charge in [0.1, 0.15) is 12.6 Å². The molecule has 0 aliphatic carbocycles. The molecule has 9 heteroatoms. The summed E-state index contributed by atoms with van der Waals surface area (Å²) in [5, 5.41) is 11.6. The topological polar surface area (TPSA) is 125 Å². The molecule has 0 bridgehead atoms. The van der Waals surface area contributed by atoms with Crippen molar-refractivity contribution in [2.45, 2.75) is 18.7 Å². The number of ether oxygens (including phenoxy) is 1. The summed E-state index contributed by atoms with van der Waals surface area (Å²) in [5.41, 5.74) is 2.47. The molecule has 28 heavy (non-hydrogen) atoms. The van der Waals surface area contributed by atoms with E-state index in [4.69, 9.17) is 10.00 Å². The molecule has 0 unspecified atom stereocenters. The van der Waals surface area contributed by atoms with Gasteiger partial charge in [-0.1, -0.05) is 18.2 Å². The highest BCUT2D eigenvalue weighted by molar-refractivity contribution is 7.89. The van der Waals surface area contributed by atoms with Crippen LogP contribution < -0.4 is 10.0 Å². The van der Waals surface area contributed by atoms with Crippen molar-refractivity contribution < 1.29 is 22.7 Å². The van der Waals surface area contributed by atoms with Gasteiger partial charge >= 0.3 is 5.97 Å². The van der Waals surface area contributed by atoms with Crippen molar-refractivity contribution in [1.82, 2.24) is 4.72 Å². The summed E-state index contributed by atoms with van der Waals surface area (Å²) in [6.07, 6.45) is 0. The van der Waals surface area contributed by atoms with E-state index in [9.17, 15) is 18.0 Å². The van der Waals surface area contributed by atoms with Crippen LogP contribution in [0.4, 0.5) is 5.69 Å². The third-order valence-electron chi connectivity index (χ3n) is 3.57. The minimum atomic E-state index is -4.07. The van der Waals surface area contributed by atoms with Crippen molar-refractivity contribution in [3.8, 4) is 6.07 Å². The van der Waals surface area contributed by atoms with Gasteiger partial charge in [-0.15, -0.1) is 0 Å². The first-order valence-corrected chi connectivity index (χ1v) is 9.72. The van der Waals surface area contributed by atoms with E-state index in [-0.39, 0.29) is 10.5 Å². The third kappa shape index (κ3) is 5.90. The maximum atomic E-state index is 12.2. The van der Waals surface area contributed by atoms with E-state index in [2.05, 4.69) is 10.0 Å². The standard InChI is InChI=1S/C19H19N3O5S/c1-13-7-14(2)9-16(8-13)22-18(23)12-27-19(24)11-21-28(25,26)17-6-4-3-5-15(17)10-20/h3-9,21H,11-12H2,1-2H3,(H,22,23). The summed E-state index contributed by atoms with van der Waals surface area (Å²) in [6, 6.07) is 12.9. The minimum absolute atomic E-state index is 0.0452. The quantitative estimate of drug-likeness (QED) is 0.680. The molecule has 2 N–H and O–H groups in total. The van der Waals surface area contributed by atoms with E-state index in [1.54, 1.807) is 18.2 Å². The van der Waals surface area contributed by atoms with Gasteiger partial charge < -0.3 is 10.1 Å². The highest BCUT2D eigenvalue weighted by Gasteiger charge is 2.19. The Morgan fingerprint density at radius 1 is 1.11 bits per heavy atom. The maximum absolute atomic E-state index is 12.2. The Bertz CT molecular complexity index is 1020. The average Bonchev–Trinajstić information content (AvgIpc) is 2.64. The number of hydrogen-bond acceptors (Lipinski definition) is 6. The number of carbonyl (C=O) groups excluding carboxylic acids is 2. The molecular weight excluding hydrogens is 382 g/mol. The summed E-state index contributed by atoms with van der Waals surface area (Å²) in [5.74, 6) is -1.47. The largest absolute Gasteiger partial charge is 0.455 e. The Morgan fingerprint density at radius 3 is 2.39 bits per heavy atom. The first kappa shape index (κ1) is 21.1. The molecule has 2 rings (SSSR count). The van der Waals surface area contributed by atoms with Crippen LogP contribution in [0, 0.1) is 25.2 Å². The molecule has 1 amide bonds. The van der Waals surface area contributed by atoms with Gasteiger partial charge in [0.2, 0.25) is 10.0 Å². The lowest BCUT2D eigenvalue weighted by Gasteiger charge is -2.09. The first-order chi connectivity index (χ1) is 13.2. The summed E-state index contributed by atoms with van der Waals surface area (Å²) in [7, 11) is -4.07. The molecule has 0 spiro atoms. The minimum Gasteiger partial charge on any atom is -0.455 e. The molecule has 0 aliphatic heterocycles. The van der Waals surface area contributed by atoms with Gasteiger partial charge in [0.25, 0.3) is 5.91 Å². The van der Waals surface area contributed by atoms with Gasteiger partial charge in [-0.05, 0) is 49.2 Å². The van der Waals surface area contributed by atoms with Crippen molar-refractivity contribution in [1.29, 1.82) is 5.26 Å². The fourth-order valence-electron chi connectivity index (χ4n) is 2.47. The monoisotopic (exact) mass is 401 g/mol. The summed E-state index contributed by atoms with van der Waals surface area (Å²) >= 11 is 0. The van der Waals surface area contributed by atoms with E-state index in [0.717, 1.165) is 11.1 Å². The van der Waals surface area contributed by atoms with Gasteiger partial charge in [-0.25, -0.2) is 8.42 Å². The van der Waals surface area contributed by atoms with Crippen molar-refractivity contribution in [3.63, 3.8) is 0 Å². The smallest absolute Gasteiger partial charge is 0.321 e. The first-order valence-electron chi connectivity index (χ1n) is 8.24. The van der Waals surface area contributed by atoms with Crippen LogP contribution in [0.25, 0.3) is 0 Å². The van der Waals surface area contributed by atoms with Crippen LogP contribution in [0.1, 0.15) is 16.7 Å². The van der Waals surface area contributed by atoms with Crippen LogP contribution in [-0.2, 0) is 24.3 Å². The molecular formula is C19H19N3O5S. The van der Waals surface area contributed by atoms with Gasteiger partial charge in [0, 0.05) is 5.69 Å². The molecule has 0 aliphatic rings. The fraction of sp³-hybridized carbons (Fsp3) is 0.211. The number of nitriles is 1. The Kier molecular flexibility index (Phi) is 6.87. The second-order valence-corrected chi connectivity index (χ2v) is 7.75. The molecule has 0 fully saturated rings. The number of sulfonamides is 1. The van der Waals surface area contributed by atoms with Crippen LogP contribution in [-0.4, -0.2) is 33.4 Å². The number of anilines is 1. The zero-order valence-corrected chi connectivity index (χ0v) is 16.2. The second kappa shape index (κ2) is 9.12. The van der Waals surface area contributed by atoms with Crippen molar-refractivity contribution >= 4 is 27.6 Å². The summed E-state index contributed by atoms with van der Waals surface area (Å²) < 4.78 is 31.3. The molecule has 0 atom stereocenters. The number of aryl methyl sites for hydroxylation is 2. The molecule has 2 aromatic carbocycles. The van der Waals surface area contributed by atoms with Crippen molar-refractivity contribution in [2.24, 2.45) is 0 Å². The molecule has 2 aromatic rings. The van der Waals surface area contributed by atoms with E-state index in [0.29, 0.717) is 5.69 Å². The molecule has 8 nitrogen and oxygen atoms in total. The van der Waals surface area contributed by atoms with E-state index < -0.39 is 35.1 Å². The van der Waals surface area contributed by atoms with Gasteiger partial charge in [-0.2, -0.15) is 9.98 Å². The van der Waals surface area contributed by atoms with Gasteiger partial charge in [-0.3, -0.25) is 9.59 Å². The van der Waals surface area contributed by atoms with Crippen molar-refractivity contribution in [3.05, 3.63) is 59.2 Å². The molecule has 0 heterocycles. The van der Waals surface area contributed by atoms with Gasteiger partial charge in [0.05, 0.1) is 10.5 Å². The van der Waals surface area contributed by atoms with E-state index >= 15 is 0 Å². The van der Waals surface area contributed by atoms with Crippen LogP contribution in [0.3, 0.4) is 0 Å². The van der Waals surface area contributed by atoms with E-state index in [1.165, 1.54) is 24.3 Å². The molecule has 0 saturated carbocycles. The Balaban J connectivity index is 1.87. The Morgan fingerprint density at radius 2 is 1.75 bits per heavy atom. The zero-order chi connectivity index (χ0) is 20.7. The zero-order valence-electron chi connectivity index (χ0n) is 15.4. The van der Waals surface area contributed by atoms with Crippen LogP contribution >= 0.6 is 0 Å². The number of carbonyl (C=O) groups is 2. The number of benzene rings is 2. The molecule has 0 saturated heterocycles. The third-order valence-corrected chi connectivity index (χ3v) is 5.03. The highest BCUT2D eigenvalue weighted by atomic mass is 32.2. The van der Waals surface area contributed by atoms with E-state index in [1.807, 2.05) is 19.9 Å². The van der Waals surface area contributed by atoms with Crippen LogP contribution in [0.15, 0.2) is 47.4 Å². The number of hydrogen-bond donors (Lipinski definition) is 2. The number of nitrogens with zero attached hydrogens (tertiary/aromatic N) is 1. The SMILES string of the molecule is Cc1cc(C)cc(NC(=O)COC(=O)CNS(=O)(=O)c2ccccc2C#N)c1. The average molecular weight is 401 g/mol. The Labute approximate surface area is 163 Å². The second-order valence-electron chi connectivity index (χ2n) is 6.02. The number of nitrogens with one attached hydrogen (secondary N) is 2. The Hall–Kier alpha value is -3.22. The summed E-state index contributed by atoms with van der Waals surface area (Å²) in [4.78, 5) is 23.4. The predicted molar refractivity (Wildman–Crippen MR) is 102 cm³/mol. The fourth-order valence-corrected chi connectivity index (χ4v) is 3.59. The molecule has 0 aromatic heterocycles. The lowest BCUT2D eigenvalue weighted by molar-refractivity contribution is -0.146. The number of rotatable bonds is 7. The van der Waals surface area contributed by atoms with Gasteiger partial charge in [0.15, 0.2) is 6.61 Å². The molecule has 146 valence electrons. The maximum Gasteiger partial charge on any atom is 0.321 e. The summed E-state index contributed by atoms with van der Waals surface area (Å²) in [6.45, 7) is 2.56. The number of amides is 1. The molecule has 0 radical (unpaired) electrons. The lowest BCUT2D eigenvalue weighted by Crippen LogP contribution is -2.32. The van der Waals surface area contributed by atoms with Crippen LogP contribution in [0.2, 0.25) is 0 Å². The highest BCUT2D eigenvalue weighted by Crippen LogP contribution is 2.14. The van der Waals surface area contributed by atoms with Crippen molar-refractivity contribution in [2.75, 3.05) is 18.5 Å².